The highest BCUT2D eigenvalue weighted by Crippen LogP contribution is 2.27. The van der Waals surface area contributed by atoms with Gasteiger partial charge in [-0.1, -0.05) is 41.9 Å². The number of guanidine groups is 1. The maximum absolute atomic E-state index is 9.51. The van der Waals surface area contributed by atoms with Crippen LogP contribution in [0, 0.1) is 0 Å². The first-order valence-corrected chi connectivity index (χ1v) is 7.58. The smallest absolute Gasteiger partial charge is 0.193 e. The molecule has 0 amide bonds. The van der Waals surface area contributed by atoms with Crippen LogP contribution in [0.2, 0.25) is 5.02 Å². The van der Waals surface area contributed by atoms with Crippen LogP contribution in [0.5, 0.6) is 5.75 Å². The first kappa shape index (κ1) is 20.5. The molecule has 7 heteroatoms. The first-order valence-electron chi connectivity index (χ1n) is 7.20. The lowest BCUT2D eigenvalue weighted by atomic mass is 10.0. The van der Waals surface area contributed by atoms with E-state index < -0.39 is 0 Å². The molecule has 0 saturated carbocycles. The van der Waals surface area contributed by atoms with Crippen LogP contribution in [0.25, 0.3) is 0 Å². The number of aliphatic hydroxyl groups excluding tert-OH is 1. The molecular weight excluding hydrogens is 441 g/mol. The van der Waals surface area contributed by atoms with Crippen LogP contribution in [0.15, 0.2) is 53.5 Å². The Bertz CT molecular complexity index is 668. The zero-order valence-electron chi connectivity index (χ0n) is 13.3. The fourth-order valence-corrected chi connectivity index (χ4v) is 2.39. The number of hydrogen-bond donors (Lipinski definition) is 3. The number of nitrogens with zero attached hydrogens (tertiary/aromatic N) is 1. The lowest BCUT2D eigenvalue weighted by molar-refractivity contribution is 0.268. The van der Waals surface area contributed by atoms with Gasteiger partial charge in [-0.2, -0.15) is 0 Å². The summed E-state index contributed by atoms with van der Waals surface area (Å²) in [7, 11) is 1.56. The maximum atomic E-state index is 9.51. The number of nitrogens with one attached hydrogen (secondary N) is 1. The summed E-state index contributed by atoms with van der Waals surface area (Å²) in [6, 6.07) is 15.0. The van der Waals surface area contributed by atoms with Crippen molar-refractivity contribution in [2.45, 2.75) is 5.92 Å². The van der Waals surface area contributed by atoms with Gasteiger partial charge in [-0.15, -0.1) is 24.0 Å². The molecule has 0 aliphatic carbocycles. The van der Waals surface area contributed by atoms with Crippen molar-refractivity contribution in [3.05, 3.63) is 59.1 Å². The Morgan fingerprint density at radius 3 is 2.58 bits per heavy atom. The predicted molar refractivity (Wildman–Crippen MR) is 110 cm³/mol. The molecule has 0 aliphatic rings. The highest BCUT2D eigenvalue weighted by atomic mass is 127. The molecule has 0 aromatic heterocycles. The molecule has 2 aromatic rings. The Labute approximate surface area is 163 Å². The van der Waals surface area contributed by atoms with E-state index in [0.717, 1.165) is 11.3 Å². The van der Waals surface area contributed by atoms with Crippen LogP contribution in [-0.2, 0) is 0 Å². The van der Waals surface area contributed by atoms with Crippen LogP contribution in [0.4, 0.5) is 5.69 Å². The fraction of sp³-hybridized carbons (Fsp3) is 0.235. The fourth-order valence-electron chi connectivity index (χ4n) is 2.13. The van der Waals surface area contributed by atoms with E-state index >= 15 is 0 Å². The van der Waals surface area contributed by atoms with Crippen molar-refractivity contribution in [1.82, 2.24) is 0 Å². The minimum absolute atomic E-state index is 0. The molecule has 0 spiro atoms. The van der Waals surface area contributed by atoms with Crippen LogP contribution in [0.1, 0.15) is 11.5 Å². The molecule has 0 bridgehead atoms. The minimum Gasteiger partial charge on any atom is -0.495 e. The van der Waals surface area contributed by atoms with Crippen molar-refractivity contribution in [3.63, 3.8) is 0 Å². The van der Waals surface area contributed by atoms with E-state index in [1.54, 1.807) is 25.3 Å². The Morgan fingerprint density at radius 2 is 2.00 bits per heavy atom. The summed E-state index contributed by atoms with van der Waals surface area (Å²) in [6.07, 6.45) is 0. The van der Waals surface area contributed by atoms with Gasteiger partial charge in [0.25, 0.3) is 0 Å². The largest absolute Gasteiger partial charge is 0.495 e. The second kappa shape index (κ2) is 10.4. The third kappa shape index (κ3) is 5.85. The number of aliphatic hydroxyl groups is 1. The third-order valence-corrected chi connectivity index (χ3v) is 3.69. The summed E-state index contributed by atoms with van der Waals surface area (Å²) in [5.41, 5.74) is 7.64. The third-order valence-electron chi connectivity index (χ3n) is 3.40. The number of ether oxygens (including phenoxy) is 1. The van der Waals surface area contributed by atoms with E-state index in [4.69, 9.17) is 22.1 Å². The Balaban J connectivity index is 0.00000288. The van der Waals surface area contributed by atoms with Crippen LogP contribution >= 0.6 is 35.6 Å². The maximum Gasteiger partial charge on any atom is 0.193 e. The number of aliphatic imine (C=N–C) groups is 1. The van der Waals surface area contributed by atoms with Gasteiger partial charge in [-0.05, 0) is 23.8 Å². The van der Waals surface area contributed by atoms with Gasteiger partial charge < -0.3 is 20.9 Å². The van der Waals surface area contributed by atoms with Gasteiger partial charge in [0.2, 0.25) is 0 Å². The Morgan fingerprint density at radius 1 is 1.29 bits per heavy atom. The summed E-state index contributed by atoms with van der Waals surface area (Å²) >= 11 is 6.06. The molecule has 0 heterocycles. The summed E-state index contributed by atoms with van der Waals surface area (Å²) in [5, 5.41) is 13.0. The number of anilines is 1. The molecule has 0 saturated heterocycles. The van der Waals surface area contributed by atoms with Crippen molar-refractivity contribution in [2.24, 2.45) is 10.7 Å². The standard InChI is InChI=1S/C17H20ClN3O2.HI/c1-23-16-8-7-14(9-15(16)18)21-17(19)20-10-13(11-22)12-5-3-2-4-6-12;/h2-9,13,22H,10-11H2,1H3,(H3,19,20,21);1H. The van der Waals surface area contributed by atoms with Crippen molar-refractivity contribution < 1.29 is 9.84 Å². The predicted octanol–water partition coefficient (Wildman–Crippen LogP) is 3.47. The van der Waals surface area contributed by atoms with E-state index in [2.05, 4.69) is 10.3 Å². The van der Waals surface area contributed by atoms with Crippen molar-refractivity contribution in [3.8, 4) is 5.75 Å². The van der Waals surface area contributed by atoms with Crippen molar-refractivity contribution >= 4 is 47.2 Å². The lowest BCUT2D eigenvalue weighted by Crippen LogP contribution is -2.24. The topological polar surface area (TPSA) is 79.9 Å². The van der Waals surface area contributed by atoms with Gasteiger partial charge >= 0.3 is 0 Å². The summed E-state index contributed by atoms with van der Waals surface area (Å²) < 4.78 is 5.10. The van der Waals surface area contributed by atoms with E-state index in [-0.39, 0.29) is 42.5 Å². The molecular formula is C17H21ClIN3O2. The molecule has 5 nitrogen and oxygen atoms in total. The normalized spacial score (nSPS) is 12.2. The molecule has 0 aliphatic heterocycles. The monoisotopic (exact) mass is 461 g/mol. The molecule has 0 radical (unpaired) electrons. The van der Waals surface area contributed by atoms with Crippen LogP contribution in [-0.4, -0.2) is 31.3 Å². The van der Waals surface area contributed by atoms with E-state index in [9.17, 15) is 5.11 Å². The van der Waals surface area contributed by atoms with E-state index in [1.165, 1.54) is 0 Å². The number of rotatable bonds is 6. The number of methoxy groups -OCH3 is 1. The van der Waals surface area contributed by atoms with Gasteiger partial charge in [0.15, 0.2) is 5.96 Å². The Hall–Kier alpha value is -1.51. The molecule has 24 heavy (non-hydrogen) atoms. The molecule has 1 atom stereocenters. The number of nitrogens with two attached hydrogens (primary N) is 1. The van der Waals surface area contributed by atoms with Gasteiger partial charge in [-0.25, -0.2) is 0 Å². The van der Waals surface area contributed by atoms with Crippen LogP contribution in [0.3, 0.4) is 0 Å². The zero-order valence-corrected chi connectivity index (χ0v) is 16.4. The van der Waals surface area contributed by atoms with Gasteiger partial charge in [-0.3, -0.25) is 4.99 Å². The highest BCUT2D eigenvalue weighted by molar-refractivity contribution is 14.0. The number of hydrogen-bond acceptors (Lipinski definition) is 3. The highest BCUT2D eigenvalue weighted by Gasteiger charge is 2.09. The molecule has 0 fully saturated rings. The molecule has 1 unspecified atom stereocenters. The summed E-state index contributed by atoms with van der Waals surface area (Å²) in [6.45, 7) is 0.401. The quantitative estimate of drug-likeness (QED) is 0.350. The van der Waals surface area contributed by atoms with E-state index in [1.807, 2.05) is 30.3 Å². The van der Waals surface area contributed by atoms with Gasteiger partial charge in [0.05, 0.1) is 25.3 Å². The summed E-state index contributed by atoms with van der Waals surface area (Å²) in [5.74, 6) is 0.772. The van der Waals surface area contributed by atoms with Gasteiger partial charge in [0, 0.05) is 11.6 Å². The average Bonchev–Trinajstić information content (AvgIpc) is 2.56. The number of halogens is 2. The van der Waals surface area contributed by atoms with Crippen molar-refractivity contribution in [2.75, 3.05) is 25.6 Å². The second-order valence-electron chi connectivity index (χ2n) is 4.99. The molecule has 130 valence electrons. The van der Waals surface area contributed by atoms with Gasteiger partial charge in [0.1, 0.15) is 5.75 Å². The summed E-state index contributed by atoms with van der Waals surface area (Å²) in [4.78, 5) is 4.29. The lowest BCUT2D eigenvalue weighted by Gasteiger charge is -2.13. The SMILES string of the molecule is COc1ccc(NC(N)=NCC(CO)c2ccccc2)cc1Cl.I. The zero-order chi connectivity index (χ0) is 16.7. The number of benzene rings is 2. The molecule has 2 aromatic carbocycles. The average molecular weight is 462 g/mol. The van der Waals surface area contributed by atoms with E-state index in [0.29, 0.717) is 17.3 Å². The molecule has 2 rings (SSSR count). The van der Waals surface area contributed by atoms with Crippen LogP contribution < -0.4 is 15.8 Å². The Kier molecular flexibility index (Phi) is 8.88. The minimum atomic E-state index is -0.0870. The second-order valence-corrected chi connectivity index (χ2v) is 5.40. The first-order chi connectivity index (χ1) is 11.1. The van der Waals surface area contributed by atoms with Crippen molar-refractivity contribution in [1.29, 1.82) is 0 Å². The molecule has 4 N–H and O–H groups in total.